The molecule has 10 nitrogen and oxygen atoms in total. The van der Waals surface area contributed by atoms with Crippen molar-refractivity contribution in [1.82, 2.24) is 34.4 Å². The van der Waals surface area contributed by atoms with Crippen molar-refractivity contribution in [3.05, 3.63) is 41.7 Å². The van der Waals surface area contributed by atoms with E-state index in [0.717, 1.165) is 31.6 Å². The van der Waals surface area contributed by atoms with Gasteiger partial charge in [-0.3, -0.25) is 14.3 Å². The van der Waals surface area contributed by atoms with Crippen molar-refractivity contribution in [3.8, 4) is 5.69 Å². The standard InChI is InChI=1S/C20H21N9OS/c30-16-3-1-8-28(16)9-2-5-23-18-17-19(29(13-24-17)14-4-10-31-12-14)27-20(26-18)25-15-11-21-6-7-22-15/h4,6-7,10-13H,1-3,5,8-9H2,(H2,22,23,25,26,27). The number of nitrogens with zero attached hydrogens (tertiary/aromatic N) is 7. The van der Waals surface area contributed by atoms with E-state index in [4.69, 9.17) is 0 Å². The van der Waals surface area contributed by atoms with Crippen molar-refractivity contribution in [2.45, 2.75) is 19.3 Å². The van der Waals surface area contributed by atoms with Crippen LogP contribution in [0.15, 0.2) is 41.7 Å². The smallest absolute Gasteiger partial charge is 0.232 e. The van der Waals surface area contributed by atoms with E-state index >= 15 is 0 Å². The Morgan fingerprint density at radius 1 is 1.19 bits per heavy atom. The van der Waals surface area contributed by atoms with E-state index in [1.54, 1.807) is 36.3 Å². The molecule has 1 fully saturated rings. The molecule has 5 heterocycles. The normalized spacial score (nSPS) is 13.8. The van der Waals surface area contributed by atoms with Crippen molar-refractivity contribution in [2.75, 3.05) is 30.3 Å². The molecule has 0 aromatic carbocycles. The largest absolute Gasteiger partial charge is 0.368 e. The third-order valence-electron chi connectivity index (χ3n) is 5.05. The predicted molar refractivity (Wildman–Crippen MR) is 119 cm³/mol. The first kappa shape index (κ1) is 19.4. The third kappa shape index (κ3) is 4.17. The Kier molecular flexibility index (Phi) is 5.40. The van der Waals surface area contributed by atoms with Crippen LogP contribution in [-0.4, -0.2) is 59.9 Å². The zero-order chi connectivity index (χ0) is 21.0. The average Bonchev–Trinajstić information content (AvgIpc) is 3.53. The lowest BCUT2D eigenvalue weighted by atomic mass is 10.3. The van der Waals surface area contributed by atoms with Gasteiger partial charge in [-0.25, -0.2) is 9.97 Å². The molecule has 1 aliphatic rings. The molecule has 1 saturated heterocycles. The van der Waals surface area contributed by atoms with Crippen LogP contribution < -0.4 is 10.6 Å². The Morgan fingerprint density at radius 2 is 2.16 bits per heavy atom. The number of nitrogens with one attached hydrogen (secondary N) is 2. The maximum Gasteiger partial charge on any atom is 0.232 e. The lowest BCUT2D eigenvalue weighted by Gasteiger charge is -2.15. The first-order chi connectivity index (χ1) is 15.3. The van der Waals surface area contributed by atoms with Gasteiger partial charge in [0.15, 0.2) is 22.8 Å². The quantitative estimate of drug-likeness (QED) is 0.406. The van der Waals surface area contributed by atoms with Crippen LogP contribution in [0.1, 0.15) is 19.3 Å². The van der Waals surface area contributed by atoms with Gasteiger partial charge < -0.3 is 15.5 Å². The number of hydrogen-bond acceptors (Lipinski definition) is 9. The predicted octanol–water partition coefficient (Wildman–Crippen LogP) is 2.84. The number of aromatic nitrogens is 6. The van der Waals surface area contributed by atoms with E-state index in [1.165, 1.54) is 0 Å². The highest BCUT2D eigenvalue weighted by molar-refractivity contribution is 7.08. The Balaban J connectivity index is 1.40. The first-order valence-corrected chi connectivity index (χ1v) is 11.0. The minimum Gasteiger partial charge on any atom is -0.368 e. The summed E-state index contributed by atoms with van der Waals surface area (Å²) in [7, 11) is 0. The monoisotopic (exact) mass is 435 g/mol. The van der Waals surface area contributed by atoms with Crippen LogP contribution in [0.25, 0.3) is 16.9 Å². The molecule has 11 heteroatoms. The second kappa shape index (κ2) is 8.64. The number of hydrogen-bond donors (Lipinski definition) is 2. The third-order valence-corrected chi connectivity index (χ3v) is 5.72. The van der Waals surface area contributed by atoms with Gasteiger partial charge in [0.05, 0.1) is 11.9 Å². The molecule has 4 aromatic heterocycles. The van der Waals surface area contributed by atoms with Crippen LogP contribution in [0.2, 0.25) is 0 Å². The van der Waals surface area contributed by atoms with Gasteiger partial charge in [-0.15, -0.1) is 0 Å². The molecule has 0 bridgehead atoms. The maximum absolute atomic E-state index is 11.8. The molecule has 1 amide bonds. The number of anilines is 3. The molecule has 0 unspecified atom stereocenters. The molecule has 4 aromatic rings. The zero-order valence-corrected chi connectivity index (χ0v) is 17.5. The molecule has 0 aliphatic carbocycles. The molecule has 0 atom stereocenters. The number of carbonyl (C=O) groups is 1. The maximum atomic E-state index is 11.8. The topological polar surface area (TPSA) is 114 Å². The minimum atomic E-state index is 0.245. The Morgan fingerprint density at radius 3 is 2.94 bits per heavy atom. The highest BCUT2D eigenvalue weighted by Gasteiger charge is 2.19. The number of likely N-dealkylation sites (tertiary alicyclic amines) is 1. The molecule has 2 N–H and O–H groups in total. The molecule has 31 heavy (non-hydrogen) atoms. The van der Waals surface area contributed by atoms with Crippen LogP contribution in [-0.2, 0) is 4.79 Å². The van der Waals surface area contributed by atoms with E-state index in [2.05, 4.69) is 35.6 Å². The van der Waals surface area contributed by atoms with Gasteiger partial charge in [-0.1, -0.05) is 0 Å². The summed E-state index contributed by atoms with van der Waals surface area (Å²) in [5.74, 6) is 1.84. The summed E-state index contributed by atoms with van der Waals surface area (Å²) in [4.78, 5) is 35.9. The fraction of sp³-hybridized carbons (Fsp3) is 0.300. The van der Waals surface area contributed by atoms with Gasteiger partial charge in [-0.2, -0.15) is 21.3 Å². The first-order valence-electron chi connectivity index (χ1n) is 10.1. The summed E-state index contributed by atoms with van der Waals surface area (Å²) in [6, 6.07) is 2.02. The number of fused-ring (bicyclic) bond motifs is 1. The molecular formula is C20H21N9OS. The molecule has 1 aliphatic heterocycles. The Bertz CT molecular complexity index is 1180. The van der Waals surface area contributed by atoms with E-state index < -0.39 is 0 Å². The number of imidazole rings is 1. The summed E-state index contributed by atoms with van der Waals surface area (Å²) in [5.41, 5.74) is 2.38. The number of carbonyl (C=O) groups excluding carboxylic acids is 1. The molecular weight excluding hydrogens is 414 g/mol. The summed E-state index contributed by atoms with van der Waals surface area (Å²) < 4.78 is 1.93. The lowest BCUT2D eigenvalue weighted by molar-refractivity contribution is -0.127. The fourth-order valence-electron chi connectivity index (χ4n) is 3.56. The van der Waals surface area contributed by atoms with Gasteiger partial charge in [0.2, 0.25) is 11.9 Å². The number of rotatable bonds is 8. The van der Waals surface area contributed by atoms with E-state index in [9.17, 15) is 4.79 Å². The van der Waals surface area contributed by atoms with Crippen LogP contribution in [0.4, 0.5) is 17.6 Å². The molecule has 0 saturated carbocycles. The summed E-state index contributed by atoms with van der Waals surface area (Å²) in [6.45, 7) is 2.27. The van der Waals surface area contributed by atoms with E-state index in [-0.39, 0.29) is 5.91 Å². The fourth-order valence-corrected chi connectivity index (χ4v) is 4.19. The molecule has 5 rings (SSSR count). The summed E-state index contributed by atoms with van der Waals surface area (Å²) >= 11 is 1.61. The number of thiophene rings is 1. The molecule has 0 spiro atoms. The highest BCUT2D eigenvalue weighted by atomic mass is 32.1. The molecule has 0 radical (unpaired) electrons. The lowest BCUT2D eigenvalue weighted by Crippen LogP contribution is -2.27. The van der Waals surface area contributed by atoms with E-state index in [1.807, 2.05) is 26.3 Å². The second-order valence-electron chi connectivity index (χ2n) is 7.14. The van der Waals surface area contributed by atoms with Crippen LogP contribution in [0.5, 0.6) is 0 Å². The van der Waals surface area contributed by atoms with Gasteiger partial charge in [0.25, 0.3) is 0 Å². The van der Waals surface area contributed by atoms with Gasteiger partial charge in [0, 0.05) is 43.8 Å². The second-order valence-corrected chi connectivity index (χ2v) is 7.92. The SMILES string of the molecule is O=C1CCCN1CCCNc1nc(Nc2cnccn2)nc2c1ncn2-c1ccsc1. The van der Waals surface area contributed by atoms with Crippen molar-refractivity contribution in [1.29, 1.82) is 0 Å². The van der Waals surface area contributed by atoms with Crippen molar-refractivity contribution < 1.29 is 4.79 Å². The van der Waals surface area contributed by atoms with Crippen molar-refractivity contribution in [3.63, 3.8) is 0 Å². The van der Waals surface area contributed by atoms with Crippen LogP contribution in [0, 0.1) is 0 Å². The van der Waals surface area contributed by atoms with Gasteiger partial charge >= 0.3 is 0 Å². The number of amides is 1. The summed E-state index contributed by atoms with van der Waals surface area (Å²) in [5, 5.41) is 10.5. The minimum absolute atomic E-state index is 0.245. The molecule has 158 valence electrons. The van der Waals surface area contributed by atoms with Crippen molar-refractivity contribution >= 4 is 46.0 Å². The van der Waals surface area contributed by atoms with Crippen molar-refractivity contribution in [2.24, 2.45) is 0 Å². The van der Waals surface area contributed by atoms with E-state index in [0.29, 0.717) is 41.7 Å². The Hall–Kier alpha value is -3.60. The average molecular weight is 436 g/mol. The zero-order valence-electron chi connectivity index (χ0n) is 16.7. The Labute approximate surface area is 182 Å². The highest BCUT2D eigenvalue weighted by Crippen LogP contribution is 2.25. The van der Waals surface area contributed by atoms with Gasteiger partial charge in [0.1, 0.15) is 6.33 Å². The van der Waals surface area contributed by atoms with Gasteiger partial charge in [-0.05, 0) is 24.3 Å². The summed E-state index contributed by atoms with van der Waals surface area (Å²) in [6.07, 6.45) is 9.03. The van der Waals surface area contributed by atoms with Crippen LogP contribution in [0.3, 0.4) is 0 Å². The van der Waals surface area contributed by atoms with Crippen LogP contribution >= 0.6 is 11.3 Å².